The molecule has 0 N–H and O–H groups in total. The number of esters is 1. The fraction of sp³-hybridized carbons (Fsp3) is 0.467. The molecule has 0 radical (unpaired) electrons. The van der Waals surface area contributed by atoms with Crippen molar-refractivity contribution in [3.05, 3.63) is 30.1 Å². The number of benzene rings is 1. The number of hydrogen-bond acceptors (Lipinski definition) is 6. The largest absolute Gasteiger partial charge is 0.454 e. The number of amides is 1. The highest BCUT2D eigenvalue weighted by molar-refractivity contribution is 7.89. The fourth-order valence-electron chi connectivity index (χ4n) is 2.33. The Kier molecular flexibility index (Phi) is 6.45. The molecular formula is C15H19FN2O6S. The normalized spacial score (nSPS) is 15.8. The van der Waals surface area contributed by atoms with Crippen LogP contribution in [0.1, 0.15) is 0 Å². The third-order valence-electron chi connectivity index (χ3n) is 3.66. The molecule has 1 fully saturated rings. The summed E-state index contributed by atoms with van der Waals surface area (Å²) in [5, 5.41) is 0. The van der Waals surface area contributed by atoms with Crippen molar-refractivity contribution >= 4 is 21.9 Å². The highest BCUT2D eigenvalue weighted by atomic mass is 32.2. The number of methoxy groups -OCH3 is 1. The Morgan fingerprint density at radius 3 is 2.24 bits per heavy atom. The van der Waals surface area contributed by atoms with Crippen LogP contribution in [0.5, 0.6) is 0 Å². The smallest absolute Gasteiger partial charge is 0.332 e. The first-order valence-electron chi connectivity index (χ1n) is 7.52. The van der Waals surface area contributed by atoms with Gasteiger partial charge in [0.15, 0.2) is 6.61 Å². The topological polar surface area (TPSA) is 93.2 Å². The summed E-state index contributed by atoms with van der Waals surface area (Å²) in [4.78, 5) is 24.6. The van der Waals surface area contributed by atoms with E-state index in [1.54, 1.807) is 0 Å². The van der Waals surface area contributed by atoms with Gasteiger partial charge < -0.3 is 14.4 Å². The summed E-state index contributed by atoms with van der Waals surface area (Å²) in [6.45, 7) is -0.0685. The second-order valence-electron chi connectivity index (χ2n) is 5.33. The molecule has 0 unspecified atom stereocenters. The third-order valence-corrected chi connectivity index (χ3v) is 5.57. The van der Waals surface area contributed by atoms with E-state index in [4.69, 9.17) is 4.74 Å². The van der Waals surface area contributed by atoms with Crippen molar-refractivity contribution in [1.29, 1.82) is 0 Å². The van der Waals surface area contributed by atoms with Crippen molar-refractivity contribution in [3.63, 3.8) is 0 Å². The zero-order valence-electron chi connectivity index (χ0n) is 13.7. The molecule has 1 aromatic carbocycles. The minimum absolute atomic E-state index is 0.00201. The zero-order chi connectivity index (χ0) is 18.4. The number of halogens is 1. The first-order valence-corrected chi connectivity index (χ1v) is 8.96. The number of carbonyl (C=O) groups excluding carboxylic acids is 2. The van der Waals surface area contributed by atoms with Crippen LogP contribution in [-0.4, -0.2) is 76.0 Å². The first-order chi connectivity index (χ1) is 11.8. The van der Waals surface area contributed by atoms with Crippen LogP contribution in [0.15, 0.2) is 29.2 Å². The lowest BCUT2D eigenvalue weighted by Gasteiger charge is -2.33. The molecule has 1 aliphatic rings. The average molecular weight is 374 g/mol. The molecule has 8 nitrogen and oxygen atoms in total. The molecule has 1 heterocycles. The van der Waals surface area contributed by atoms with Gasteiger partial charge in [-0.25, -0.2) is 17.6 Å². The minimum atomic E-state index is -3.73. The number of hydrogen-bond donors (Lipinski definition) is 0. The SMILES string of the molecule is COCC(=O)OCC(=O)N1CCN(S(=O)(=O)c2ccc(F)cc2)CC1. The van der Waals surface area contributed by atoms with E-state index >= 15 is 0 Å². The molecule has 2 rings (SSSR count). The molecule has 0 aliphatic carbocycles. The molecule has 1 aliphatic heterocycles. The number of nitrogens with zero attached hydrogens (tertiary/aromatic N) is 2. The van der Waals surface area contributed by atoms with Gasteiger partial charge in [0, 0.05) is 33.3 Å². The Bertz CT molecular complexity index is 714. The van der Waals surface area contributed by atoms with Gasteiger partial charge in [0.1, 0.15) is 12.4 Å². The van der Waals surface area contributed by atoms with E-state index < -0.39 is 34.3 Å². The molecule has 10 heteroatoms. The maximum atomic E-state index is 12.9. The standard InChI is InChI=1S/C15H19FN2O6S/c1-23-11-15(20)24-10-14(19)17-6-8-18(9-7-17)25(21,22)13-4-2-12(16)3-5-13/h2-5H,6-11H2,1H3. The molecule has 1 aromatic rings. The molecule has 0 aromatic heterocycles. The Morgan fingerprint density at radius 1 is 1.08 bits per heavy atom. The van der Waals surface area contributed by atoms with Gasteiger partial charge in [0.25, 0.3) is 5.91 Å². The molecule has 0 bridgehead atoms. The fourth-order valence-corrected chi connectivity index (χ4v) is 3.75. The second kappa shape index (κ2) is 8.37. The van der Waals surface area contributed by atoms with E-state index in [2.05, 4.69) is 4.74 Å². The number of rotatable bonds is 6. The van der Waals surface area contributed by atoms with Gasteiger partial charge >= 0.3 is 5.97 Å². The molecule has 1 amide bonds. The summed E-state index contributed by atoms with van der Waals surface area (Å²) >= 11 is 0. The van der Waals surface area contributed by atoms with Crippen LogP contribution in [0.4, 0.5) is 4.39 Å². The molecule has 138 valence electrons. The van der Waals surface area contributed by atoms with Crippen molar-refractivity contribution < 1.29 is 31.9 Å². The van der Waals surface area contributed by atoms with E-state index in [-0.39, 0.29) is 37.7 Å². The molecule has 1 saturated heterocycles. The van der Waals surface area contributed by atoms with Gasteiger partial charge in [-0.15, -0.1) is 0 Å². The zero-order valence-corrected chi connectivity index (χ0v) is 14.5. The molecule has 25 heavy (non-hydrogen) atoms. The third kappa shape index (κ3) is 4.97. The second-order valence-corrected chi connectivity index (χ2v) is 7.27. The van der Waals surface area contributed by atoms with E-state index in [1.807, 2.05) is 0 Å². The number of sulfonamides is 1. The van der Waals surface area contributed by atoms with Crippen molar-refractivity contribution in [2.24, 2.45) is 0 Å². The van der Waals surface area contributed by atoms with Gasteiger partial charge in [-0.1, -0.05) is 0 Å². The van der Waals surface area contributed by atoms with Crippen LogP contribution in [0.2, 0.25) is 0 Å². The number of ether oxygens (including phenoxy) is 2. The van der Waals surface area contributed by atoms with Crippen molar-refractivity contribution in [2.45, 2.75) is 4.90 Å². The minimum Gasteiger partial charge on any atom is -0.454 e. The highest BCUT2D eigenvalue weighted by Gasteiger charge is 2.30. The van der Waals surface area contributed by atoms with Gasteiger partial charge in [-0.3, -0.25) is 4.79 Å². The quantitative estimate of drug-likeness (QED) is 0.643. The molecular weight excluding hydrogens is 355 g/mol. The Hall–Kier alpha value is -2.04. The average Bonchev–Trinajstić information content (AvgIpc) is 2.60. The summed E-state index contributed by atoms with van der Waals surface area (Å²) < 4.78 is 48.5. The summed E-state index contributed by atoms with van der Waals surface area (Å²) in [6, 6.07) is 4.58. The first kappa shape index (κ1) is 19.3. The van der Waals surface area contributed by atoms with Crippen LogP contribution in [0.3, 0.4) is 0 Å². The van der Waals surface area contributed by atoms with E-state index in [0.29, 0.717) is 0 Å². The Morgan fingerprint density at radius 2 is 1.68 bits per heavy atom. The monoisotopic (exact) mass is 374 g/mol. The molecule has 0 atom stereocenters. The van der Waals surface area contributed by atoms with Gasteiger partial charge in [0.05, 0.1) is 4.90 Å². The van der Waals surface area contributed by atoms with Crippen LogP contribution in [0, 0.1) is 5.82 Å². The van der Waals surface area contributed by atoms with Crippen LogP contribution < -0.4 is 0 Å². The van der Waals surface area contributed by atoms with Crippen LogP contribution in [-0.2, 0) is 29.1 Å². The van der Waals surface area contributed by atoms with Crippen LogP contribution >= 0.6 is 0 Å². The number of piperazine rings is 1. The molecule has 0 spiro atoms. The van der Waals surface area contributed by atoms with E-state index in [9.17, 15) is 22.4 Å². The number of carbonyl (C=O) groups is 2. The van der Waals surface area contributed by atoms with Gasteiger partial charge in [-0.2, -0.15) is 4.31 Å². The van der Waals surface area contributed by atoms with E-state index in [1.165, 1.54) is 28.4 Å². The van der Waals surface area contributed by atoms with Crippen molar-refractivity contribution in [1.82, 2.24) is 9.21 Å². The summed E-state index contributed by atoms with van der Waals surface area (Å²) in [6.07, 6.45) is 0. The maximum absolute atomic E-state index is 12.9. The lowest BCUT2D eigenvalue weighted by Crippen LogP contribution is -2.51. The van der Waals surface area contributed by atoms with Gasteiger partial charge in [-0.05, 0) is 24.3 Å². The summed E-state index contributed by atoms with van der Waals surface area (Å²) in [5.74, 6) is -1.56. The maximum Gasteiger partial charge on any atom is 0.332 e. The summed E-state index contributed by atoms with van der Waals surface area (Å²) in [7, 11) is -2.40. The predicted octanol–water partition coefficient (Wildman–Crippen LogP) is -0.152. The molecule has 0 saturated carbocycles. The van der Waals surface area contributed by atoms with Crippen molar-refractivity contribution in [2.75, 3.05) is 46.5 Å². The lowest BCUT2D eigenvalue weighted by molar-refractivity contribution is -0.155. The van der Waals surface area contributed by atoms with E-state index in [0.717, 1.165) is 12.1 Å². The van der Waals surface area contributed by atoms with Crippen molar-refractivity contribution in [3.8, 4) is 0 Å². The highest BCUT2D eigenvalue weighted by Crippen LogP contribution is 2.18. The predicted molar refractivity (Wildman–Crippen MR) is 84.6 cm³/mol. The van der Waals surface area contributed by atoms with Crippen LogP contribution in [0.25, 0.3) is 0 Å². The Labute approximate surface area is 145 Å². The summed E-state index contributed by atoms with van der Waals surface area (Å²) in [5.41, 5.74) is 0. The lowest BCUT2D eigenvalue weighted by atomic mass is 10.3. The Balaban J connectivity index is 1.89. The van der Waals surface area contributed by atoms with Gasteiger partial charge in [0.2, 0.25) is 10.0 Å².